The van der Waals surface area contributed by atoms with Crippen molar-refractivity contribution in [2.24, 2.45) is 0 Å². The van der Waals surface area contributed by atoms with Crippen LogP contribution >= 0.6 is 0 Å². The molecule has 0 bridgehead atoms. The van der Waals surface area contributed by atoms with Gasteiger partial charge in [-0.2, -0.15) is 0 Å². The maximum atomic E-state index is 11.2. The summed E-state index contributed by atoms with van der Waals surface area (Å²) in [6.07, 6.45) is -0.425. The van der Waals surface area contributed by atoms with E-state index in [1.165, 1.54) is 6.92 Å². The number of carboxylic acid groups (broad SMARTS) is 2. The third kappa shape index (κ3) is 2.39. The van der Waals surface area contributed by atoms with Crippen LogP contribution in [0.25, 0.3) is 0 Å². The Morgan fingerprint density at radius 2 is 1.69 bits per heavy atom. The van der Waals surface area contributed by atoms with Gasteiger partial charge >= 0.3 is 11.9 Å². The van der Waals surface area contributed by atoms with Gasteiger partial charge in [-0.25, -0.2) is 0 Å². The second-order valence-corrected chi connectivity index (χ2v) is 4.07. The third-order valence-electron chi connectivity index (χ3n) is 2.67. The molecule has 16 heavy (non-hydrogen) atoms. The number of rotatable bonds is 4. The molecular formula is C12H14O4. The lowest BCUT2D eigenvalue weighted by Gasteiger charge is -2.23. The molecule has 0 aliphatic carbocycles. The van der Waals surface area contributed by atoms with Crippen LogP contribution in [0.4, 0.5) is 0 Å². The van der Waals surface area contributed by atoms with Crippen LogP contribution in [0.1, 0.15) is 24.5 Å². The van der Waals surface area contributed by atoms with E-state index in [4.69, 9.17) is 10.2 Å². The number of aryl methyl sites for hydroxylation is 1. The van der Waals surface area contributed by atoms with Gasteiger partial charge in [-0.3, -0.25) is 9.59 Å². The van der Waals surface area contributed by atoms with Gasteiger partial charge in [-0.15, -0.1) is 0 Å². The molecule has 86 valence electrons. The molecule has 1 aromatic carbocycles. The van der Waals surface area contributed by atoms with Crippen molar-refractivity contribution in [3.63, 3.8) is 0 Å². The van der Waals surface area contributed by atoms with Crippen LogP contribution in [0, 0.1) is 6.92 Å². The Kier molecular flexibility index (Phi) is 3.32. The highest BCUT2D eigenvalue weighted by molar-refractivity contribution is 5.86. The van der Waals surface area contributed by atoms with Crippen molar-refractivity contribution in [3.8, 4) is 0 Å². The highest BCUT2D eigenvalue weighted by Gasteiger charge is 2.37. The molecule has 0 spiro atoms. The Bertz CT molecular complexity index is 408. The Labute approximate surface area is 93.5 Å². The fourth-order valence-electron chi connectivity index (χ4n) is 1.53. The first-order valence-electron chi connectivity index (χ1n) is 4.88. The van der Waals surface area contributed by atoms with Gasteiger partial charge in [-0.1, -0.05) is 29.8 Å². The molecule has 0 aromatic heterocycles. The molecule has 0 fully saturated rings. The topological polar surface area (TPSA) is 74.6 Å². The zero-order chi connectivity index (χ0) is 12.3. The molecule has 0 radical (unpaired) electrons. The average Bonchev–Trinajstić information content (AvgIpc) is 2.17. The first-order valence-corrected chi connectivity index (χ1v) is 4.88. The van der Waals surface area contributed by atoms with E-state index in [-0.39, 0.29) is 0 Å². The SMILES string of the molecule is Cc1ccc(C(C)(CC(=O)O)C(=O)O)cc1. The van der Waals surface area contributed by atoms with Gasteiger partial charge in [0.25, 0.3) is 0 Å². The summed E-state index contributed by atoms with van der Waals surface area (Å²) in [7, 11) is 0. The predicted molar refractivity (Wildman–Crippen MR) is 58.4 cm³/mol. The molecule has 0 aliphatic rings. The van der Waals surface area contributed by atoms with Crippen molar-refractivity contribution < 1.29 is 19.8 Å². The molecule has 4 nitrogen and oxygen atoms in total. The number of benzene rings is 1. The van der Waals surface area contributed by atoms with Crippen LogP contribution in [0.2, 0.25) is 0 Å². The third-order valence-corrected chi connectivity index (χ3v) is 2.67. The Balaban J connectivity index is 3.16. The molecule has 1 rings (SSSR count). The van der Waals surface area contributed by atoms with Crippen LogP contribution in [-0.4, -0.2) is 22.2 Å². The van der Waals surface area contributed by atoms with Gasteiger partial charge in [0.2, 0.25) is 0 Å². The molecule has 0 saturated heterocycles. The van der Waals surface area contributed by atoms with E-state index < -0.39 is 23.8 Å². The summed E-state index contributed by atoms with van der Waals surface area (Å²) in [5.74, 6) is -2.25. The van der Waals surface area contributed by atoms with E-state index in [9.17, 15) is 9.59 Å². The van der Waals surface area contributed by atoms with Crippen molar-refractivity contribution in [2.45, 2.75) is 25.7 Å². The number of aliphatic carboxylic acids is 2. The summed E-state index contributed by atoms with van der Waals surface area (Å²) in [4.78, 5) is 21.9. The zero-order valence-corrected chi connectivity index (χ0v) is 9.23. The van der Waals surface area contributed by atoms with Gasteiger partial charge in [0, 0.05) is 0 Å². The van der Waals surface area contributed by atoms with E-state index in [1.54, 1.807) is 24.3 Å². The normalized spacial score (nSPS) is 14.1. The van der Waals surface area contributed by atoms with Crippen molar-refractivity contribution in [2.75, 3.05) is 0 Å². The van der Waals surface area contributed by atoms with Crippen LogP contribution in [0.5, 0.6) is 0 Å². The molecule has 2 N–H and O–H groups in total. The van der Waals surface area contributed by atoms with Crippen molar-refractivity contribution in [1.82, 2.24) is 0 Å². The number of carboxylic acids is 2. The molecule has 1 unspecified atom stereocenters. The lowest BCUT2D eigenvalue weighted by molar-refractivity contribution is -0.149. The fraction of sp³-hybridized carbons (Fsp3) is 0.333. The largest absolute Gasteiger partial charge is 0.481 e. The molecule has 1 aromatic rings. The first-order chi connectivity index (χ1) is 7.36. The minimum atomic E-state index is -1.38. The van der Waals surface area contributed by atoms with Crippen LogP contribution in [0.15, 0.2) is 24.3 Å². The van der Waals surface area contributed by atoms with Crippen molar-refractivity contribution in [3.05, 3.63) is 35.4 Å². The van der Waals surface area contributed by atoms with Crippen molar-refractivity contribution >= 4 is 11.9 Å². The lowest BCUT2D eigenvalue weighted by atomic mass is 9.79. The predicted octanol–water partition coefficient (Wildman–Crippen LogP) is 1.81. The second-order valence-electron chi connectivity index (χ2n) is 4.07. The molecule has 4 heteroatoms. The Morgan fingerprint density at radius 3 is 2.06 bits per heavy atom. The molecule has 0 amide bonds. The molecule has 0 heterocycles. The van der Waals surface area contributed by atoms with Gasteiger partial charge in [0.05, 0.1) is 6.42 Å². The van der Waals surface area contributed by atoms with Gasteiger partial charge in [-0.05, 0) is 19.4 Å². The highest BCUT2D eigenvalue weighted by atomic mass is 16.4. The molecule has 0 aliphatic heterocycles. The number of hydrogen-bond donors (Lipinski definition) is 2. The van der Waals surface area contributed by atoms with E-state index in [0.717, 1.165) is 5.56 Å². The smallest absolute Gasteiger partial charge is 0.314 e. The lowest BCUT2D eigenvalue weighted by Crippen LogP contribution is -2.34. The van der Waals surface area contributed by atoms with E-state index in [1.807, 2.05) is 6.92 Å². The van der Waals surface area contributed by atoms with Gasteiger partial charge < -0.3 is 10.2 Å². The monoisotopic (exact) mass is 222 g/mol. The summed E-state index contributed by atoms with van der Waals surface area (Å²) in [5.41, 5.74) is 0.138. The molecule has 0 saturated carbocycles. The summed E-state index contributed by atoms with van der Waals surface area (Å²) in [5, 5.41) is 17.9. The fourth-order valence-corrected chi connectivity index (χ4v) is 1.53. The first kappa shape index (κ1) is 12.2. The number of hydrogen-bond acceptors (Lipinski definition) is 2. The zero-order valence-electron chi connectivity index (χ0n) is 9.23. The van der Waals surface area contributed by atoms with E-state index >= 15 is 0 Å². The maximum absolute atomic E-state index is 11.2. The molecule has 1 atom stereocenters. The minimum absolute atomic E-state index is 0.425. The summed E-state index contributed by atoms with van der Waals surface area (Å²) in [6, 6.07) is 6.87. The standard InChI is InChI=1S/C12H14O4/c1-8-3-5-9(6-4-8)12(2,11(15)16)7-10(13)14/h3-6H,7H2,1-2H3,(H,13,14)(H,15,16). The Hall–Kier alpha value is -1.84. The average molecular weight is 222 g/mol. The second kappa shape index (κ2) is 4.35. The van der Waals surface area contributed by atoms with Crippen LogP contribution in [-0.2, 0) is 15.0 Å². The minimum Gasteiger partial charge on any atom is -0.481 e. The summed E-state index contributed by atoms with van der Waals surface area (Å²) >= 11 is 0. The van der Waals surface area contributed by atoms with Crippen molar-refractivity contribution in [1.29, 1.82) is 0 Å². The van der Waals surface area contributed by atoms with Crippen LogP contribution < -0.4 is 0 Å². The maximum Gasteiger partial charge on any atom is 0.314 e. The number of carbonyl (C=O) groups is 2. The van der Waals surface area contributed by atoms with E-state index in [2.05, 4.69) is 0 Å². The molecular weight excluding hydrogens is 208 g/mol. The van der Waals surface area contributed by atoms with Crippen LogP contribution in [0.3, 0.4) is 0 Å². The quantitative estimate of drug-likeness (QED) is 0.814. The van der Waals surface area contributed by atoms with E-state index in [0.29, 0.717) is 5.56 Å². The Morgan fingerprint density at radius 1 is 1.19 bits per heavy atom. The summed E-state index contributed by atoms with van der Waals surface area (Å²) < 4.78 is 0. The van der Waals surface area contributed by atoms with Gasteiger partial charge in [0.1, 0.15) is 5.41 Å². The highest BCUT2D eigenvalue weighted by Crippen LogP contribution is 2.28. The van der Waals surface area contributed by atoms with Gasteiger partial charge in [0.15, 0.2) is 0 Å². The summed E-state index contributed by atoms with van der Waals surface area (Å²) in [6.45, 7) is 3.31.